The molecule has 0 saturated heterocycles. The first-order valence-electron chi connectivity index (χ1n) is 3.81. The molecule has 2 amide bonds. The van der Waals surface area contributed by atoms with E-state index in [0.717, 1.165) is 0 Å². The Hall–Kier alpha value is -1.19. The highest BCUT2D eigenvalue weighted by Crippen LogP contribution is 2.16. The van der Waals surface area contributed by atoms with E-state index in [1.807, 2.05) is 20.8 Å². The average Bonchev–Trinajstić information content (AvgIpc) is 1.82. The molecule has 66 valence electrons. The number of hydrogen-bond donors (Lipinski definition) is 1. The van der Waals surface area contributed by atoms with Crippen LogP contribution >= 0.6 is 0 Å². The first-order chi connectivity index (χ1) is 5.39. The Kier molecular flexibility index (Phi) is 2.00. The van der Waals surface area contributed by atoms with Crippen LogP contribution in [0.5, 0.6) is 0 Å². The lowest BCUT2D eigenvalue weighted by Gasteiger charge is -2.23. The molecule has 1 rings (SSSR count). The van der Waals surface area contributed by atoms with Gasteiger partial charge in [0, 0.05) is 5.41 Å². The molecule has 0 aliphatic carbocycles. The van der Waals surface area contributed by atoms with E-state index in [9.17, 15) is 9.59 Å². The molecule has 0 radical (unpaired) electrons. The first-order valence-corrected chi connectivity index (χ1v) is 3.81. The Bertz CT molecular complexity index is 261. The van der Waals surface area contributed by atoms with Crippen LogP contribution in [-0.2, 0) is 9.59 Å². The molecule has 1 aliphatic rings. The summed E-state index contributed by atoms with van der Waals surface area (Å²) in [7, 11) is 0. The zero-order valence-electron chi connectivity index (χ0n) is 7.47. The van der Waals surface area contributed by atoms with Gasteiger partial charge in [-0.1, -0.05) is 20.8 Å². The van der Waals surface area contributed by atoms with Gasteiger partial charge in [-0.25, -0.2) is 0 Å². The smallest absolute Gasteiger partial charge is 0.256 e. The summed E-state index contributed by atoms with van der Waals surface area (Å²) in [5, 5.41) is 2.58. The van der Waals surface area contributed by atoms with Crippen LogP contribution in [0.2, 0.25) is 0 Å². The van der Waals surface area contributed by atoms with Crippen LogP contribution in [0.25, 0.3) is 0 Å². The Morgan fingerprint density at radius 3 is 2.33 bits per heavy atom. The van der Waals surface area contributed by atoms with Gasteiger partial charge in [0.2, 0.25) is 5.91 Å². The van der Waals surface area contributed by atoms with Gasteiger partial charge in [-0.15, -0.1) is 0 Å². The summed E-state index contributed by atoms with van der Waals surface area (Å²) in [5.74, 6) is -0.160. The average molecular weight is 168 g/mol. The van der Waals surface area contributed by atoms with Crippen molar-refractivity contribution < 1.29 is 9.59 Å². The topological polar surface area (TPSA) is 58.5 Å². The number of nitrogens with one attached hydrogen (secondary N) is 1. The monoisotopic (exact) mass is 168 g/mol. The summed E-state index contributed by atoms with van der Waals surface area (Å²) >= 11 is 0. The molecular weight excluding hydrogens is 156 g/mol. The Morgan fingerprint density at radius 1 is 1.33 bits per heavy atom. The van der Waals surface area contributed by atoms with Crippen LogP contribution in [0.4, 0.5) is 0 Å². The number of amidine groups is 1. The van der Waals surface area contributed by atoms with E-state index in [1.54, 1.807) is 0 Å². The summed E-state index contributed by atoms with van der Waals surface area (Å²) in [6.07, 6.45) is -0.125. The van der Waals surface area contributed by atoms with Gasteiger partial charge in [-0.3, -0.25) is 9.59 Å². The Labute approximate surface area is 71.1 Å². The lowest BCUT2D eigenvalue weighted by Crippen LogP contribution is -2.43. The minimum Gasteiger partial charge on any atom is -0.313 e. The van der Waals surface area contributed by atoms with Crippen LogP contribution in [-0.4, -0.2) is 17.6 Å². The van der Waals surface area contributed by atoms with Crippen molar-refractivity contribution in [3.05, 3.63) is 0 Å². The fraction of sp³-hybridized carbons (Fsp3) is 0.625. The third-order valence-corrected chi connectivity index (χ3v) is 1.52. The Balaban J connectivity index is 2.92. The van der Waals surface area contributed by atoms with Crippen molar-refractivity contribution >= 4 is 17.6 Å². The summed E-state index contributed by atoms with van der Waals surface area (Å²) < 4.78 is 0. The van der Waals surface area contributed by atoms with E-state index in [-0.39, 0.29) is 23.7 Å². The van der Waals surface area contributed by atoms with Crippen LogP contribution < -0.4 is 5.32 Å². The van der Waals surface area contributed by atoms with Gasteiger partial charge in [0.15, 0.2) is 0 Å². The maximum atomic E-state index is 10.9. The zero-order valence-corrected chi connectivity index (χ0v) is 7.47. The van der Waals surface area contributed by atoms with Crippen LogP contribution in [0.3, 0.4) is 0 Å². The molecule has 0 saturated carbocycles. The quantitative estimate of drug-likeness (QED) is 0.535. The fourth-order valence-corrected chi connectivity index (χ4v) is 0.861. The molecule has 4 nitrogen and oxygen atoms in total. The van der Waals surface area contributed by atoms with Gasteiger partial charge in [-0.05, 0) is 0 Å². The maximum Gasteiger partial charge on any atom is 0.256 e. The van der Waals surface area contributed by atoms with Crippen LogP contribution in [0.1, 0.15) is 27.2 Å². The minimum absolute atomic E-state index is 0.125. The summed E-state index contributed by atoms with van der Waals surface area (Å²) in [6, 6.07) is 0. The highest BCUT2D eigenvalue weighted by molar-refractivity contribution is 6.15. The normalized spacial score (nSPS) is 18.8. The summed E-state index contributed by atoms with van der Waals surface area (Å²) in [5.41, 5.74) is -0.272. The van der Waals surface area contributed by atoms with Crippen molar-refractivity contribution in [3.63, 3.8) is 0 Å². The molecular formula is C8H12N2O2. The minimum atomic E-state index is -0.358. The van der Waals surface area contributed by atoms with Crippen molar-refractivity contribution in [2.24, 2.45) is 10.4 Å². The molecule has 4 heteroatoms. The van der Waals surface area contributed by atoms with Crippen LogP contribution in [0.15, 0.2) is 4.99 Å². The number of hydrogen-bond acceptors (Lipinski definition) is 2. The van der Waals surface area contributed by atoms with Crippen molar-refractivity contribution in [2.45, 2.75) is 27.2 Å². The second kappa shape index (κ2) is 2.69. The highest BCUT2D eigenvalue weighted by Gasteiger charge is 2.26. The molecule has 0 unspecified atom stereocenters. The summed E-state index contributed by atoms with van der Waals surface area (Å²) in [6.45, 7) is 5.68. The first kappa shape index (κ1) is 8.90. The third kappa shape index (κ3) is 1.90. The molecule has 0 atom stereocenters. The predicted molar refractivity (Wildman–Crippen MR) is 44.7 cm³/mol. The van der Waals surface area contributed by atoms with E-state index < -0.39 is 0 Å². The molecule has 1 heterocycles. The van der Waals surface area contributed by atoms with E-state index in [0.29, 0.717) is 5.84 Å². The van der Waals surface area contributed by atoms with E-state index in [1.165, 1.54) is 0 Å². The molecule has 0 aromatic rings. The molecule has 0 fully saturated rings. The maximum absolute atomic E-state index is 10.9. The predicted octanol–water partition coefficient (Wildman–Crippen LogP) is 0.477. The molecule has 0 aromatic heterocycles. The third-order valence-electron chi connectivity index (χ3n) is 1.52. The van der Waals surface area contributed by atoms with Gasteiger partial charge in [0.05, 0.1) is 0 Å². The van der Waals surface area contributed by atoms with Gasteiger partial charge in [0.25, 0.3) is 5.91 Å². The SMILES string of the molecule is CC(C)(C)C1=NC(=O)CC(=O)N1. The lowest BCUT2D eigenvalue weighted by molar-refractivity contribution is -0.127. The lowest BCUT2D eigenvalue weighted by atomic mass is 9.94. The van der Waals surface area contributed by atoms with E-state index in [2.05, 4.69) is 10.3 Å². The number of rotatable bonds is 0. The number of nitrogens with zero attached hydrogens (tertiary/aromatic N) is 1. The van der Waals surface area contributed by atoms with Gasteiger partial charge >= 0.3 is 0 Å². The standard InChI is InChI=1S/C8H12N2O2/c1-8(2,3)7-9-5(11)4-6(12)10-7/h4H2,1-3H3,(H,9,10,11,12). The van der Waals surface area contributed by atoms with Crippen molar-refractivity contribution in [3.8, 4) is 0 Å². The van der Waals surface area contributed by atoms with E-state index in [4.69, 9.17) is 0 Å². The fourth-order valence-electron chi connectivity index (χ4n) is 0.861. The van der Waals surface area contributed by atoms with Gasteiger partial charge in [0.1, 0.15) is 12.3 Å². The second-order valence-electron chi connectivity index (χ2n) is 3.83. The molecule has 12 heavy (non-hydrogen) atoms. The summed E-state index contributed by atoms with van der Waals surface area (Å²) in [4.78, 5) is 25.5. The number of amides is 2. The number of aliphatic imine (C=N–C) groups is 1. The molecule has 0 aromatic carbocycles. The van der Waals surface area contributed by atoms with Crippen molar-refractivity contribution in [2.75, 3.05) is 0 Å². The van der Waals surface area contributed by atoms with Gasteiger partial charge in [-0.2, -0.15) is 4.99 Å². The van der Waals surface area contributed by atoms with E-state index >= 15 is 0 Å². The molecule has 0 bridgehead atoms. The number of carbonyl (C=O) groups is 2. The van der Waals surface area contributed by atoms with Crippen molar-refractivity contribution in [1.82, 2.24) is 5.32 Å². The van der Waals surface area contributed by atoms with Gasteiger partial charge < -0.3 is 5.32 Å². The highest BCUT2D eigenvalue weighted by atomic mass is 16.2. The zero-order chi connectivity index (χ0) is 9.35. The second-order valence-corrected chi connectivity index (χ2v) is 3.83. The number of carbonyl (C=O) groups excluding carboxylic acids is 2. The Morgan fingerprint density at radius 2 is 1.92 bits per heavy atom. The molecule has 1 aliphatic heterocycles. The van der Waals surface area contributed by atoms with Crippen molar-refractivity contribution in [1.29, 1.82) is 0 Å². The molecule has 0 spiro atoms. The molecule has 1 N–H and O–H groups in total. The largest absolute Gasteiger partial charge is 0.313 e. The van der Waals surface area contributed by atoms with Crippen LogP contribution in [0, 0.1) is 5.41 Å².